The quantitative estimate of drug-likeness (QED) is 0.821. The predicted molar refractivity (Wildman–Crippen MR) is 105 cm³/mol. The summed E-state index contributed by atoms with van der Waals surface area (Å²) in [5.41, 5.74) is 3.14. The van der Waals surface area contributed by atoms with Crippen molar-refractivity contribution in [1.82, 2.24) is 4.57 Å². The van der Waals surface area contributed by atoms with Crippen LogP contribution in [-0.2, 0) is 18.0 Å². The second kappa shape index (κ2) is 8.20. The topological polar surface area (TPSA) is 63.6 Å². The van der Waals surface area contributed by atoms with Crippen LogP contribution >= 0.6 is 0 Å². The fourth-order valence-electron chi connectivity index (χ4n) is 2.77. The average molecular weight is 363 g/mol. The molecule has 0 aliphatic heterocycles. The summed E-state index contributed by atoms with van der Waals surface area (Å²) >= 11 is 0. The van der Waals surface area contributed by atoms with Crippen LogP contribution in [0.4, 0.5) is 11.4 Å². The van der Waals surface area contributed by atoms with Crippen molar-refractivity contribution < 1.29 is 8.95 Å². The Hall–Kier alpha value is -2.28. The van der Waals surface area contributed by atoms with Gasteiger partial charge in [-0.1, -0.05) is 6.07 Å². The molecule has 1 heterocycles. The summed E-state index contributed by atoms with van der Waals surface area (Å²) in [7, 11) is 2.12. The van der Waals surface area contributed by atoms with Crippen LogP contribution in [0.15, 0.2) is 35.3 Å². The number of aromatic nitrogens is 1. The molecule has 0 bridgehead atoms. The van der Waals surface area contributed by atoms with Crippen LogP contribution in [0.5, 0.6) is 5.75 Å². The first-order valence-electron chi connectivity index (χ1n) is 8.15. The van der Waals surface area contributed by atoms with Crippen LogP contribution < -0.4 is 19.9 Å². The smallest absolute Gasteiger partial charge is 0.273 e. The van der Waals surface area contributed by atoms with Gasteiger partial charge in [0.1, 0.15) is 22.4 Å². The van der Waals surface area contributed by atoms with Crippen LogP contribution in [0.25, 0.3) is 11.1 Å². The molecule has 0 aliphatic rings. The van der Waals surface area contributed by atoms with Crippen molar-refractivity contribution >= 4 is 22.4 Å². The lowest BCUT2D eigenvalue weighted by atomic mass is 10.1. The molecule has 0 saturated heterocycles. The molecule has 0 spiro atoms. The second-order valence-corrected chi connectivity index (χ2v) is 6.79. The average Bonchev–Trinajstić information content (AvgIpc) is 2.58. The number of hydrogen-bond acceptors (Lipinski definition) is 4. The Kier molecular flexibility index (Phi) is 6.25. The fraction of sp³-hybridized carbons (Fsp3) is 0.389. The van der Waals surface area contributed by atoms with Crippen LogP contribution in [0, 0.1) is 0 Å². The first kappa shape index (κ1) is 19.1. The molecule has 0 amide bonds. The molecular formula is C18H25N3O3S. The van der Waals surface area contributed by atoms with E-state index in [1.165, 1.54) is 0 Å². The molecule has 25 heavy (non-hydrogen) atoms. The van der Waals surface area contributed by atoms with Gasteiger partial charge in [0.2, 0.25) is 0 Å². The van der Waals surface area contributed by atoms with Crippen molar-refractivity contribution in [2.75, 3.05) is 36.1 Å². The van der Waals surface area contributed by atoms with Gasteiger partial charge in [0.05, 0.1) is 12.8 Å². The number of pyridine rings is 1. The summed E-state index contributed by atoms with van der Waals surface area (Å²) in [5.74, 6) is 0.618. The van der Waals surface area contributed by atoms with Crippen molar-refractivity contribution in [3.05, 3.63) is 40.8 Å². The summed E-state index contributed by atoms with van der Waals surface area (Å²) in [6.45, 7) is 5.59. The third kappa shape index (κ3) is 4.22. The van der Waals surface area contributed by atoms with Crippen molar-refractivity contribution in [3.63, 3.8) is 0 Å². The maximum Gasteiger partial charge on any atom is 0.273 e. The van der Waals surface area contributed by atoms with Crippen molar-refractivity contribution in [2.45, 2.75) is 13.8 Å². The highest BCUT2D eigenvalue weighted by atomic mass is 32.2. The van der Waals surface area contributed by atoms with Crippen LogP contribution in [0.3, 0.4) is 0 Å². The third-order valence-corrected chi connectivity index (χ3v) is 4.56. The van der Waals surface area contributed by atoms with Gasteiger partial charge in [0.25, 0.3) is 5.56 Å². The highest BCUT2D eigenvalue weighted by Gasteiger charge is 2.13. The van der Waals surface area contributed by atoms with Crippen molar-refractivity contribution in [1.29, 1.82) is 0 Å². The van der Waals surface area contributed by atoms with Gasteiger partial charge in [-0.15, -0.1) is 0 Å². The standard InChI is InChI=1S/C18H25N3O3S/c1-6-21(7-2)16-11-14(12-20(3)18(16)22)13-8-9-17(24-4)15(10-13)19-25(5)23/h8-12,19H,6-7H2,1-5H3. The van der Waals surface area contributed by atoms with Crippen molar-refractivity contribution in [2.24, 2.45) is 7.05 Å². The normalized spacial score (nSPS) is 11.9. The van der Waals surface area contributed by atoms with Gasteiger partial charge in [-0.2, -0.15) is 0 Å². The van der Waals surface area contributed by atoms with Crippen molar-refractivity contribution in [3.8, 4) is 16.9 Å². The molecule has 2 aromatic rings. The van der Waals surface area contributed by atoms with E-state index in [1.54, 1.807) is 25.0 Å². The Morgan fingerprint density at radius 2 is 1.88 bits per heavy atom. The van der Waals surface area contributed by atoms with E-state index < -0.39 is 11.0 Å². The largest absolute Gasteiger partial charge is 0.495 e. The van der Waals surface area contributed by atoms with E-state index in [0.29, 0.717) is 17.1 Å². The van der Waals surface area contributed by atoms with Crippen LogP contribution in [-0.4, -0.2) is 35.2 Å². The monoisotopic (exact) mass is 363 g/mol. The van der Waals surface area contributed by atoms with E-state index >= 15 is 0 Å². The maximum atomic E-state index is 12.5. The van der Waals surface area contributed by atoms with E-state index in [2.05, 4.69) is 4.72 Å². The molecule has 0 aliphatic carbocycles. The molecule has 7 heteroatoms. The van der Waals surface area contributed by atoms with Gasteiger partial charge in [0, 0.05) is 38.2 Å². The summed E-state index contributed by atoms with van der Waals surface area (Å²) < 4.78 is 21.3. The number of aryl methyl sites for hydroxylation is 1. The molecule has 1 aromatic heterocycles. The molecule has 1 N–H and O–H groups in total. The Balaban J connectivity index is 2.58. The summed E-state index contributed by atoms with van der Waals surface area (Å²) in [6, 6.07) is 7.54. The summed E-state index contributed by atoms with van der Waals surface area (Å²) in [5, 5.41) is 0. The summed E-state index contributed by atoms with van der Waals surface area (Å²) in [4.78, 5) is 14.5. The number of nitrogens with zero attached hydrogens (tertiary/aromatic N) is 2. The zero-order chi connectivity index (χ0) is 18.6. The van der Waals surface area contributed by atoms with E-state index in [-0.39, 0.29) is 5.56 Å². The number of methoxy groups -OCH3 is 1. The lowest BCUT2D eigenvalue weighted by Crippen LogP contribution is -2.31. The molecule has 0 radical (unpaired) electrons. The van der Waals surface area contributed by atoms with E-state index in [0.717, 1.165) is 24.2 Å². The fourth-order valence-corrected chi connectivity index (χ4v) is 3.23. The molecule has 1 aromatic carbocycles. The SMILES string of the molecule is CCN(CC)c1cc(-c2ccc(OC)c(NS(C)=O)c2)cn(C)c1=O. The molecule has 1 atom stereocenters. The number of hydrogen-bond donors (Lipinski definition) is 1. The van der Waals surface area contributed by atoms with E-state index in [9.17, 15) is 9.00 Å². The van der Waals surface area contributed by atoms with Crippen LogP contribution in [0.1, 0.15) is 13.8 Å². The highest BCUT2D eigenvalue weighted by Crippen LogP contribution is 2.31. The molecule has 1 unspecified atom stereocenters. The Morgan fingerprint density at radius 3 is 2.44 bits per heavy atom. The number of nitrogens with one attached hydrogen (secondary N) is 1. The van der Waals surface area contributed by atoms with Gasteiger partial charge >= 0.3 is 0 Å². The minimum Gasteiger partial charge on any atom is -0.495 e. The lowest BCUT2D eigenvalue weighted by molar-refractivity contribution is 0.417. The zero-order valence-electron chi connectivity index (χ0n) is 15.3. The van der Waals surface area contributed by atoms with Gasteiger partial charge in [0.15, 0.2) is 0 Å². The number of benzene rings is 1. The third-order valence-electron chi connectivity index (χ3n) is 4.06. The molecule has 0 saturated carbocycles. The van der Waals surface area contributed by atoms with Gasteiger partial charge in [-0.05, 0) is 37.6 Å². The van der Waals surface area contributed by atoms with Gasteiger partial charge < -0.3 is 18.9 Å². The first-order chi connectivity index (χ1) is 11.9. The van der Waals surface area contributed by atoms with E-state index in [4.69, 9.17) is 4.74 Å². The Morgan fingerprint density at radius 1 is 1.20 bits per heavy atom. The molecular weight excluding hydrogens is 338 g/mol. The zero-order valence-corrected chi connectivity index (χ0v) is 16.1. The predicted octanol–water partition coefficient (Wildman–Crippen LogP) is 2.61. The Bertz CT molecular complexity index is 829. The minimum atomic E-state index is -1.21. The number of rotatable bonds is 7. The van der Waals surface area contributed by atoms with Crippen LogP contribution in [0.2, 0.25) is 0 Å². The molecule has 136 valence electrons. The summed E-state index contributed by atoms with van der Waals surface area (Å²) in [6.07, 6.45) is 3.38. The number of anilines is 2. The van der Waals surface area contributed by atoms with Gasteiger partial charge in [-0.3, -0.25) is 4.79 Å². The minimum absolute atomic E-state index is 0.0195. The lowest BCUT2D eigenvalue weighted by Gasteiger charge is -2.22. The number of ether oxygens (including phenoxy) is 1. The second-order valence-electron chi connectivity index (χ2n) is 5.67. The maximum absolute atomic E-state index is 12.5. The molecule has 2 rings (SSSR count). The Labute approximate surface area is 151 Å². The van der Waals surface area contributed by atoms with Gasteiger partial charge in [-0.25, -0.2) is 4.21 Å². The molecule has 0 fully saturated rings. The van der Waals surface area contributed by atoms with E-state index in [1.807, 2.05) is 49.2 Å². The highest BCUT2D eigenvalue weighted by molar-refractivity contribution is 7.85. The molecule has 6 nitrogen and oxygen atoms in total. The first-order valence-corrected chi connectivity index (χ1v) is 9.71.